The molecule has 3 aromatic rings. The molecular formula is C27H32FN3O3S. The number of nitrogens with zero attached hydrogens (tertiary/aromatic N) is 2. The van der Waals surface area contributed by atoms with E-state index >= 15 is 0 Å². The molecule has 0 radical (unpaired) electrons. The van der Waals surface area contributed by atoms with Crippen molar-refractivity contribution in [2.75, 3.05) is 5.32 Å². The molecule has 0 bridgehead atoms. The van der Waals surface area contributed by atoms with Crippen LogP contribution < -0.4 is 5.32 Å². The maximum Gasteiger partial charge on any atom is 0.319 e. The van der Waals surface area contributed by atoms with Crippen LogP contribution in [-0.4, -0.2) is 31.3 Å². The van der Waals surface area contributed by atoms with Crippen molar-refractivity contribution in [1.82, 2.24) is 9.55 Å². The number of aliphatic carboxylic acids is 1. The third kappa shape index (κ3) is 6.31. The van der Waals surface area contributed by atoms with Gasteiger partial charge >= 0.3 is 5.97 Å². The molecule has 2 N–H and O–H groups in total. The zero-order valence-electron chi connectivity index (χ0n) is 20.8. The first-order valence-electron chi connectivity index (χ1n) is 11.7. The minimum Gasteiger partial charge on any atom is -0.480 e. The number of carboxylic acids is 1. The number of benzene rings is 2. The highest BCUT2D eigenvalue weighted by atomic mass is 32.2. The van der Waals surface area contributed by atoms with Crippen LogP contribution in [0.5, 0.6) is 0 Å². The lowest BCUT2D eigenvalue weighted by Gasteiger charge is -2.18. The summed E-state index contributed by atoms with van der Waals surface area (Å²) in [5.74, 6) is -1.18. The molecular weight excluding hydrogens is 465 g/mol. The number of nitrogens with one attached hydrogen (secondary N) is 1. The Morgan fingerprint density at radius 1 is 1.11 bits per heavy atom. The summed E-state index contributed by atoms with van der Waals surface area (Å²) < 4.78 is 15.3. The number of rotatable bonds is 10. The first-order valence-corrected chi connectivity index (χ1v) is 12.5. The Bertz CT molecular complexity index is 1220. The van der Waals surface area contributed by atoms with Gasteiger partial charge in [0.1, 0.15) is 22.1 Å². The molecule has 2 aromatic carbocycles. The smallest absolute Gasteiger partial charge is 0.319 e. The number of anilines is 1. The van der Waals surface area contributed by atoms with Crippen LogP contribution in [0.25, 0.3) is 11.4 Å². The molecule has 1 aromatic heterocycles. The Labute approximate surface area is 210 Å². The third-order valence-electron chi connectivity index (χ3n) is 5.79. The summed E-state index contributed by atoms with van der Waals surface area (Å²) in [6.45, 7) is 9.85. The standard InChI is InChI=1S/C27H32FN3O3S/c1-6-7-8-15-31-18(3)23(25(32)29-22-16-17(2)9-14-21(22)28)30-24(31)19-10-12-20(13-11-19)35-27(4,5)26(33)34/h9-14,16H,6-8,15H2,1-5H3,(H,29,32)(H,33,34). The molecule has 0 fully saturated rings. The number of carbonyl (C=O) groups is 2. The van der Waals surface area contributed by atoms with E-state index in [0.29, 0.717) is 18.1 Å². The predicted octanol–water partition coefficient (Wildman–Crippen LogP) is 6.70. The fraction of sp³-hybridized carbons (Fsp3) is 0.370. The van der Waals surface area contributed by atoms with Gasteiger partial charge in [-0.3, -0.25) is 9.59 Å². The van der Waals surface area contributed by atoms with E-state index in [1.165, 1.54) is 17.8 Å². The van der Waals surface area contributed by atoms with Crippen molar-refractivity contribution in [3.05, 3.63) is 65.2 Å². The number of hydrogen-bond donors (Lipinski definition) is 2. The molecule has 0 aliphatic rings. The number of aromatic nitrogens is 2. The first-order chi connectivity index (χ1) is 16.5. The van der Waals surface area contributed by atoms with Crippen molar-refractivity contribution in [3.63, 3.8) is 0 Å². The van der Waals surface area contributed by atoms with Gasteiger partial charge < -0.3 is 15.0 Å². The van der Waals surface area contributed by atoms with Crippen molar-refractivity contribution in [2.24, 2.45) is 0 Å². The Hall–Kier alpha value is -3.13. The van der Waals surface area contributed by atoms with E-state index in [9.17, 15) is 19.1 Å². The second kappa shape index (κ2) is 11.1. The van der Waals surface area contributed by atoms with Crippen molar-refractivity contribution in [1.29, 1.82) is 0 Å². The molecule has 0 saturated heterocycles. The van der Waals surface area contributed by atoms with Crippen LogP contribution >= 0.6 is 11.8 Å². The molecule has 35 heavy (non-hydrogen) atoms. The molecule has 0 atom stereocenters. The summed E-state index contributed by atoms with van der Waals surface area (Å²) in [5, 5.41) is 12.1. The zero-order chi connectivity index (χ0) is 25.8. The first kappa shape index (κ1) is 26.5. The van der Waals surface area contributed by atoms with E-state index in [1.54, 1.807) is 26.0 Å². The van der Waals surface area contributed by atoms with Crippen LogP contribution in [0, 0.1) is 19.7 Å². The van der Waals surface area contributed by atoms with E-state index in [0.717, 1.165) is 35.3 Å². The highest BCUT2D eigenvalue weighted by molar-refractivity contribution is 8.01. The van der Waals surface area contributed by atoms with Crippen LogP contribution in [0.1, 0.15) is 61.8 Å². The summed E-state index contributed by atoms with van der Waals surface area (Å²) in [7, 11) is 0. The molecule has 6 nitrogen and oxygen atoms in total. The minimum atomic E-state index is -0.951. The van der Waals surface area contributed by atoms with Gasteiger partial charge in [0.05, 0.1) is 5.69 Å². The van der Waals surface area contributed by atoms with Gasteiger partial charge in [-0.1, -0.05) is 38.0 Å². The SMILES string of the molecule is CCCCCn1c(-c2ccc(SC(C)(C)C(=O)O)cc2)nc(C(=O)Nc2cc(C)ccc2F)c1C. The molecule has 8 heteroatoms. The van der Waals surface area contributed by atoms with Crippen molar-refractivity contribution in [3.8, 4) is 11.4 Å². The quantitative estimate of drug-likeness (QED) is 0.240. The Balaban J connectivity index is 1.94. The van der Waals surface area contributed by atoms with Gasteiger partial charge in [0.2, 0.25) is 0 Å². The number of carboxylic acid groups (broad SMARTS) is 1. The number of hydrogen-bond acceptors (Lipinski definition) is 4. The lowest BCUT2D eigenvalue weighted by atomic mass is 10.2. The fourth-order valence-electron chi connectivity index (χ4n) is 3.69. The fourth-order valence-corrected chi connectivity index (χ4v) is 4.64. The summed E-state index contributed by atoms with van der Waals surface area (Å²) in [5.41, 5.74) is 2.75. The minimum absolute atomic E-state index is 0.124. The number of imidazole rings is 1. The van der Waals surface area contributed by atoms with E-state index in [2.05, 4.69) is 17.2 Å². The monoisotopic (exact) mass is 497 g/mol. The summed E-state index contributed by atoms with van der Waals surface area (Å²) in [4.78, 5) is 30.0. The number of unbranched alkanes of at least 4 members (excludes halogenated alkanes) is 2. The van der Waals surface area contributed by atoms with E-state index < -0.39 is 22.4 Å². The molecule has 0 saturated carbocycles. The number of halogens is 1. The number of carbonyl (C=O) groups excluding carboxylic acids is 1. The average molecular weight is 498 g/mol. The molecule has 0 aliphatic heterocycles. The highest BCUT2D eigenvalue weighted by Crippen LogP contribution is 2.34. The van der Waals surface area contributed by atoms with E-state index in [1.807, 2.05) is 42.7 Å². The van der Waals surface area contributed by atoms with Crippen LogP contribution in [-0.2, 0) is 11.3 Å². The van der Waals surface area contributed by atoms with Crippen LogP contribution in [0.2, 0.25) is 0 Å². The molecule has 186 valence electrons. The zero-order valence-corrected chi connectivity index (χ0v) is 21.6. The third-order valence-corrected chi connectivity index (χ3v) is 6.98. The molecule has 0 spiro atoms. The number of aryl methyl sites for hydroxylation is 1. The van der Waals surface area contributed by atoms with Crippen molar-refractivity contribution >= 4 is 29.3 Å². The van der Waals surface area contributed by atoms with E-state index in [-0.39, 0.29) is 11.4 Å². The summed E-state index contributed by atoms with van der Waals surface area (Å²) >= 11 is 1.27. The maximum atomic E-state index is 14.2. The number of amides is 1. The predicted molar refractivity (Wildman–Crippen MR) is 139 cm³/mol. The molecule has 0 aliphatic carbocycles. The lowest BCUT2D eigenvalue weighted by molar-refractivity contribution is -0.138. The topological polar surface area (TPSA) is 84.2 Å². The van der Waals surface area contributed by atoms with Gasteiger partial charge in [-0.15, -0.1) is 11.8 Å². The van der Waals surface area contributed by atoms with Crippen LogP contribution in [0.15, 0.2) is 47.4 Å². The average Bonchev–Trinajstić information content (AvgIpc) is 3.13. The molecule has 3 rings (SSSR count). The summed E-state index contributed by atoms with van der Waals surface area (Å²) in [6.07, 6.45) is 3.05. The van der Waals surface area contributed by atoms with Gasteiger partial charge in [-0.2, -0.15) is 0 Å². The number of thioether (sulfide) groups is 1. The van der Waals surface area contributed by atoms with Crippen molar-refractivity contribution < 1.29 is 19.1 Å². The molecule has 1 amide bonds. The van der Waals surface area contributed by atoms with Crippen LogP contribution in [0.4, 0.5) is 10.1 Å². The van der Waals surface area contributed by atoms with Gasteiger partial charge in [0, 0.05) is 22.7 Å². The second-order valence-corrected chi connectivity index (χ2v) is 10.8. The van der Waals surface area contributed by atoms with Gasteiger partial charge in [-0.05, 0) is 63.9 Å². The van der Waals surface area contributed by atoms with Gasteiger partial charge in [-0.25, -0.2) is 9.37 Å². The molecule has 0 unspecified atom stereocenters. The normalized spacial score (nSPS) is 11.5. The maximum absolute atomic E-state index is 14.2. The highest BCUT2D eigenvalue weighted by Gasteiger charge is 2.28. The summed E-state index contributed by atoms with van der Waals surface area (Å²) in [6, 6.07) is 12.1. The lowest BCUT2D eigenvalue weighted by Crippen LogP contribution is -2.26. The van der Waals surface area contributed by atoms with Gasteiger partial charge in [0.15, 0.2) is 0 Å². The van der Waals surface area contributed by atoms with Gasteiger partial charge in [0.25, 0.3) is 5.91 Å². The van der Waals surface area contributed by atoms with Crippen LogP contribution in [0.3, 0.4) is 0 Å². The second-order valence-electron chi connectivity index (χ2n) is 9.11. The Morgan fingerprint density at radius 3 is 2.43 bits per heavy atom. The Morgan fingerprint density at radius 2 is 1.80 bits per heavy atom. The molecule has 1 heterocycles. The Kier molecular flexibility index (Phi) is 8.38. The van der Waals surface area contributed by atoms with Crippen molar-refractivity contribution in [2.45, 2.75) is 70.1 Å². The van der Waals surface area contributed by atoms with E-state index in [4.69, 9.17) is 0 Å². The largest absolute Gasteiger partial charge is 0.480 e.